The predicted octanol–water partition coefficient (Wildman–Crippen LogP) is 2.35. The molecule has 0 fully saturated rings. The minimum absolute atomic E-state index is 0. The van der Waals surface area contributed by atoms with E-state index in [-0.39, 0.29) is 24.2 Å². The molecule has 1 unspecified atom stereocenters. The van der Waals surface area contributed by atoms with Crippen LogP contribution in [0.4, 0.5) is 0 Å². The zero-order valence-corrected chi connectivity index (χ0v) is 12.9. The normalized spacial score (nSPS) is 11.5. The van der Waals surface area contributed by atoms with Crippen molar-refractivity contribution in [2.75, 3.05) is 26.7 Å². The van der Waals surface area contributed by atoms with Crippen molar-refractivity contribution in [2.45, 2.75) is 20.3 Å². The summed E-state index contributed by atoms with van der Waals surface area (Å²) in [4.78, 5) is 14.1. The van der Waals surface area contributed by atoms with Gasteiger partial charge < -0.3 is 10.2 Å². The minimum atomic E-state index is 0. The van der Waals surface area contributed by atoms with Gasteiger partial charge in [0.1, 0.15) is 0 Å². The second-order valence-electron chi connectivity index (χ2n) is 4.61. The molecule has 0 saturated carbocycles. The molecule has 1 aromatic rings. The number of hydrogen-bond acceptors (Lipinski definition) is 2. The fraction of sp³-hybridized carbons (Fsp3) is 0.533. The molecule has 0 aliphatic rings. The molecule has 4 heteroatoms. The topological polar surface area (TPSA) is 32.3 Å². The lowest BCUT2D eigenvalue weighted by atomic mass is 10.1. The van der Waals surface area contributed by atoms with Crippen LogP contribution >= 0.6 is 12.4 Å². The van der Waals surface area contributed by atoms with Crippen LogP contribution in [-0.2, 0) is 11.2 Å². The summed E-state index contributed by atoms with van der Waals surface area (Å²) in [6, 6.07) is 10.3. The van der Waals surface area contributed by atoms with Gasteiger partial charge in [-0.25, -0.2) is 0 Å². The molecule has 0 spiro atoms. The highest BCUT2D eigenvalue weighted by Gasteiger charge is 2.18. The molecule has 0 aromatic heterocycles. The Balaban J connectivity index is 0.00000324. The molecule has 3 nitrogen and oxygen atoms in total. The van der Waals surface area contributed by atoms with E-state index >= 15 is 0 Å². The van der Waals surface area contributed by atoms with Gasteiger partial charge >= 0.3 is 0 Å². The molecule has 1 aromatic carbocycles. The van der Waals surface area contributed by atoms with E-state index in [1.807, 2.05) is 44.0 Å². The minimum Gasteiger partial charge on any atom is -0.342 e. The molecule has 1 atom stereocenters. The van der Waals surface area contributed by atoms with E-state index in [1.165, 1.54) is 5.56 Å². The number of nitrogens with zero attached hydrogens (tertiary/aromatic N) is 1. The Kier molecular flexibility index (Phi) is 9.27. The average Bonchev–Trinajstić information content (AvgIpc) is 2.40. The van der Waals surface area contributed by atoms with Crippen LogP contribution in [0.25, 0.3) is 0 Å². The van der Waals surface area contributed by atoms with Gasteiger partial charge in [-0.1, -0.05) is 37.3 Å². The number of halogens is 1. The van der Waals surface area contributed by atoms with E-state index in [0.717, 1.165) is 26.1 Å². The van der Waals surface area contributed by atoms with E-state index in [9.17, 15) is 4.79 Å². The summed E-state index contributed by atoms with van der Waals surface area (Å²) in [7, 11) is 1.88. The summed E-state index contributed by atoms with van der Waals surface area (Å²) in [6.45, 7) is 6.33. The molecular weight excluding hydrogens is 260 g/mol. The van der Waals surface area contributed by atoms with Gasteiger partial charge in [0, 0.05) is 25.6 Å². The van der Waals surface area contributed by atoms with Crippen LogP contribution in [0.5, 0.6) is 0 Å². The zero-order chi connectivity index (χ0) is 13.4. The van der Waals surface area contributed by atoms with Crippen molar-refractivity contribution in [2.24, 2.45) is 5.92 Å². The molecule has 0 heterocycles. The van der Waals surface area contributed by atoms with Crippen molar-refractivity contribution in [3.63, 3.8) is 0 Å². The molecule has 1 amide bonds. The highest BCUT2D eigenvalue weighted by molar-refractivity contribution is 5.85. The molecule has 108 valence electrons. The average molecular weight is 285 g/mol. The third kappa shape index (κ3) is 6.08. The standard InChI is InChI=1S/C15H24N2O.ClH/c1-4-17(15(18)13(2)12-16-3)11-10-14-8-6-5-7-9-14;/h5-9,13,16H,4,10-12H2,1-3H3;1H. The van der Waals surface area contributed by atoms with Crippen molar-refractivity contribution in [3.8, 4) is 0 Å². The lowest BCUT2D eigenvalue weighted by Crippen LogP contribution is -2.39. The Labute approximate surface area is 122 Å². The molecule has 0 aliphatic heterocycles. The van der Waals surface area contributed by atoms with Crippen LogP contribution in [-0.4, -0.2) is 37.5 Å². The lowest BCUT2D eigenvalue weighted by Gasteiger charge is -2.24. The molecule has 0 saturated heterocycles. The highest BCUT2D eigenvalue weighted by Crippen LogP contribution is 2.05. The van der Waals surface area contributed by atoms with Crippen molar-refractivity contribution < 1.29 is 4.79 Å². The molecule has 0 radical (unpaired) electrons. The van der Waals surface area contributed by atoms with E-state index in [0.29, 0.717) is 0 Å². The quantitative estimate of drug-likeness (QED) is 0.834. The second-order valence-corrected chi connectivity index (χ2v) is 4.61. The first-order valence-electron chi connectivity index (χ1n) is 6.66. The van der Waals surface area contributed by atoms with Gasteiger partial charge in [0.05, 0.1) is 0 Å². The zero-order valence-electron chi connectivity index (χ0n) is 12.1. The van der Waals surface area contributed by atoms with Gasteiger partial charge in [-0.3, -0.25) is 4.79 Å². The number of carbonyl (C=O) groups is 1. The van der Waals surface area contributed by atoms with E-state index < -0.39 is 0 Å². The van der Waals surface area contributed by atoms with Gasteiger partial charge in [0.2, 0.25) is 5.91 Å². The molecule has 0 bridgehead atoms. The molecular formula is C15H25ClN2O. The summed E-state index contributed by atoms with van der Waals surface area (Å²) in [6.07, 6.45) is 0.923. The van der Waals surface area contributed by atoms with E-state index in [2.05, 4.69) is 17.4 Å². The third-order valence-electron chi connectivity index (χ3n) is 3.14. The number of nitrogens with one attached hydrogen (secondary N) is 1. The van der Waals surface area contributed by atoms with Gasteiger partial charge in [-0.15, -0.1) is 12.4 Å². The Morgan fingerprint density at radius 3 is 2.47 bits per heavy atom. The van der Waals surface area contributed by atoms with E-state index in [1.54, 1.807) is 0 Å². The van der Waals surface area contributed by atoms with Gasteiger partial charge in [0.25, 0.3) is 0 Å². The van der Waals surface area contributed by atoms with Crippen molar-refractivity contribution in [1.82, 2.24) is 10.2 Å². The summed E-state index contributed by atoms with van der Waals surface area (Å²) in [5.74, 6) is 0.286. The Hall–Kier alpha value is -1.06. The van der Waals surface area contributed by atoms with Gasteiger partial charge in [-0.2, -0.15) is 0 Å². The van der Waals surface area contributed by atoms with Crippen molar-refractivity contribution >= 4 is 18.3 Å². The summed E-state index contributed by atoms with van der Waals surface area (Å²) in [5, 5.41) is 3.05. The number of amides is 1. The maximum absolute atomic E-state index is 12.2. The lowest BCUT2D eigenvalue weighted by molar-refractivity contribution is -0.134. The van der Waals surface area contributed by atoms with Crippen LogP contribution in [0.2, 0.25) is 0 Å². The summed E-state index contributed by atoms with van der Waals surface area (Å²) >= 11 is 0. The van der Waals surface area contributed by atoms with E-state index in [4.69, 9.17) is 0 Å². The maximum atomic E-state index is 12.2. The number of carbonyl (C=O) groups excluding carboxylic acids is 1. The van der Waals surface area contributed by atoms with Crippen LogP contribution < -0.4 is 5.32 Å². The van der Waals surface area contributed by atoms with Gasteiger partial charge in [-0.05, 0) is 26.0 Å². The molecule has 0 aliphatic carbocycles. The molecule has 19 heavy (non-hydrogen) atoms. The fourth-order valence-corrected chi connectivity index (χ4v) is 2.04. The summed E-state index contributed by atoms with van der Waals surface area (Å²) in [5.41, 5.74) is 1.28. The van der Waals surface area contributed by atoms with Crippen LogP contribution in [0.15, 0.2) is 30.3 Å². The SMILES string of the molecule is CCN(CCc1ccccc1)C(=O)C(C)CNC.Cl. The van der Waals surface area contributed by atoms with Crippen molar-refractivity contribution in [1.29, 1.82) is 0 Å². The number of likely N-dealkylation sites (N-methyl/N-ethyl adjacent to an activating group) is 1. The first kappa shape index (κ1) is 17.9. The number of benzene rings is 1. The smallest absolute Gasteiger partial charge is 0.226 e. The summed E-state index contributed by atoms with van der Waals surface area (Å²) < 4.78 is 0. The number of hydrogen-bond donors (Lipinski definition) is 1. The van der Waals surface area contributed by atoms with Crippen LogP contribution in [0.3, 0.4) is 0 Å². The van der Waals surface area contributed by atoms with Crippen molar-refractivity contribution in [3.05, 3.63) is 35.9 Å². The van der Waals surface area contributed by atoms with Gasteiger partial charge in [0.15, 0.2) is 0 Å². The Bertz CT molecular complexity index is 356. The first-order chi connectivity index (χ1) is 8.69. The fourth-order valence-electron chi connectivity index (χ4n) is 2.04. The molecule has 1 rings (SSSR count). The van der Waals surface area contributed by atoms with Crippen LogP contribution in [0.1, 0.15) is 19.4 Å². The maximum Gasteiger partial charge on any atom is 0.226 e. The second kappa shape index (κ2) is 9.82. The van der Waals surface area contributed by atoms with Crippen LogP contribution in [0, 0.1) is 5.92 Å². The Morgan fingerprint density at radius 1 is 1.32 bits per heavy atom. The Morgan fingerprint density at radius 2 is 1.95 bits per heavy atom. The molecule has 1 N–H and O–H groups in total. The monoisotopic (exact) mass is 284 g/mol. The predicted molar refractivity (Wildman–Crippen MR) is 82.7 cm³/mol. The third-order valence-corrected chi connectivity index (χ3v) is 3.14. The first-order valence-corrected chi connectivity index (χ1v) is 6.66. The largest absolute Gasteiger partial charge is 0.342 e. The number of rotatable bonds is 7. The highest BCUT2D eigenvalue weighted by atomic mass is 35.5.